The van der Waals surface area contributed by atoms with Crippen molar-refractivity contribution in [3.8, 4) is 0 Å². The Labute approximate surface area is 240 Å². The summed E-state index contributed by atoms with van der Waals surface area (Å²) in [5.41, 5.74) is 1.35. The van der Waals surface area contributed by atoms with Crippen molar-refractivity contribution in [2.24, 2.45) is 29.6 Å². The topological polar surface area (TPSA) is 121 Å². The summed E-state index contributed by atoms with van der Waals surface area (Å²) in [6.45, 7) is 1.63. The SMILES string of the molecule is C[C@@](Cc1c[nH]c2ccccc12)(NC(=O)OC1C2CC3CC(C2)CC1C3)C(=O)NCC(Cc1ccccc1)C(=O)O. The zero-order valence-electron chi connectivity index (χ0n) is 23.5. The number of H-pyrrole nitrogens is 1. The number of amides is 2. The van der Waals surface area contributed by atoms with Gasteiger partial charge in [0.1, 0.15) is 11.6 Å². The van der Waals surface area contributed by atoms with E-state index in [0.717, 1.165) is 59.5 Å². The van der Waals surface area contributed by atoms with Crippen molar-refractivity contribution in [2.45, 2.75) is 63.5 Å². The Morgan fingerprint density at radius 2 is 1.63 bits per heavy atom. The second kappa shape index (κ2) is 11.2. The van der Waals surface area contributed by atoms with E-state index in [1.165, 1.54) is 6.42 Å². The molecule has 4 saturated carbocycles. The van der Waals surface area contributed by atoms with E-state index in [1.54, 1.807) is 6.92 Å². The maximum Gasteiger partial charge on any atom is 0.408 e. The molecule has 0 saturated heterocycles. The molecule has 1 aromatic heterocycles. The highest BCUT2D eigenvalue weighted by Crippen LogP contribution is 2.54. The van der Waals surface area contributed by atoms with Gasteiger partial charge in [0.15, 0.2) is 0 Å². The third kappa shape index (κ3) is 5.83. The van der Waals surface area contributed by atoms with Gasteiger partial charge in [0.05, 0.1) is 5.92 Å². The quantitative estimate of drug-likeness (QED) is 0.277. The summed E-state index contributed by atoms with van der Waals surface area (Å²) in [5.74, 6) is 0.0948. The molecule has 2 amide bonds. The summed E-state index contributed by atoms with van der Waals surface area (Å²) in [5, 5.41) is 16.6. The summed E-state index contributed by atoms with van der Waals surface area (Å²) in [7, 11) is 0. The number of ether oxygens (including phenoxy) is 1. The minimum Gasteiger partial charge on any atom is -0.481 e. The first kappa shape index (κ1) is 27.4. The normalized spacial score (nSPS) is 26.7. The first-order valence-corrected chi connectivity index (χ1v) is 14.9. The lowest BCUT2D eigenvalue weighted by molar-refractivity contribution is -0.141. The number of rotatable bonds is 10. The van der Waals surface area contributed by atoms with Gasteiger partial charge in [-0.1, -0.05) is 48.5 Å². The van der Waals surface area contributed by atoms with Crippen LogP contribution in [0.5, 0.6) is 0 Å². The lowest BCUT2D eigenvalue weighted by atomic mass is 9.55. The molecule has 8 heteroatoms. The zero-order chi connectivity index (χ0) is 28.6. The van der Waals surface area contributed by atoms with Gasteiger partial charge in [-0.2, -0.15) is 0 Å². The van der Waals surface area contributed by atoms with E-state index in [-0.39, 0.29) is 25.5 Å². The Kier molecular flexibility index (Phi) is 7.49. The number of hydrogen-bond donors (Lipinski definition) is 4. The number of para-hydroxylation sites is 1. The number of aromatic nitrogens is 1. The summed E-state index contributed by atoms with van der Waals surface area (Å²) < 4.78 is 6.09. The van der Waals surface area contributed by atoms with E-state index in [9.17, 15) is 19.5 Å². The number of carbonyl (C=O) groups is 3. The molecule has 1 heterocycles. The summed E-state index contributed by atoms with van der Waals surface area (Å²) in [6.07, 6.45) is 7.47. The highest BCUT2D eigenvalue weighted by molar-refractivity contribution is 5.92. The van der Waals surface area contributed by atoms with E-state index in [0.29, 0.717) is 11.8 Å². The molecule has 4 aliphatic carbocycles. The molecule has 4 aliphatic rings. The summed E-state index contributed by atoms with van der Waals surface area (Å²) >= 11 is 0. The zero-order valence-corrected chi connectivity index (χ0v) is 23.5. The maximum absolute atomic E-state index is 13.8. The lowest BCUT2D eigenvalue weighted by Gasteiger charge is -2.53. The van der Waals surface area contributed by atoms with Crippen LogP contribution in [0.1, 0.15) is 50.2 Å². The van der Waals surface area contributed by atoms with Crippen molar-refractivity contribution in [2.75, 3.05) is 6.54 Å². The second-order valence-corrected chi connectivity index (χ2v) is 12.7. The Hall–Kier alpha value is -3.81. The standard InChI is InChI=1S/C33H39N3O5/c1-33(17-26-19-34-28-10-6-5-9-27(26)28,31(39)35-18-25(30(37)38)12-20-7-3-2-4-8-20)36-32(40)41-29-23-13-21-11-22(15-23)16-24(29)14-21/h2-10,19,21-25,29,34H,11-18H2,1H3,(H,35,39)(H,36,40)(H,37,38)/t21?,22?,23?,24?,25?,29?,33-/m0/s1. The minimum absolute atomic E-state index is 0.0567. The van der Waals surface area contributed by atoms with Crippen LogP contribution in [0.4, 0.5) is 4.79 Å². The van der Waals surface area contributed by atoms with Crippen molar-refractivity contribution in [3.05, 3.63) is 71.9 Å². The molecule has 2 aromatic carbocycles. The monoisotopic (exact) mass is 557 g/mol. The molecule has 41 heavy (non-hydrogen) atoms. The largest absolute Gasteiger partial charge is 0.481 e. The van der Waals surface area contributed by atoms with E-state index < -0.39 is 29.4 Å². The fourth-order valence-electron chi connectivity index (χ4n) is 7.84. The van der Waals surface area contributed by atoms with Crippen molar-refractivity contribution < 1.29 is 24.2 Å². The first-order chi connectivity index (χ1) is 19.8. The molecule has 0 spiro atoms. The van der Waals surface area contributed by atoms with Gasteiger partial charge in [0, 0.05) is 30.1 Å². The van der Waals surface area contributed by atoms with Crippen LogP contribution in [-0.2, 0) is 27.2 Å². The Balaban J connectivity index is 1.18. The van der Waals surface area contributed by atoms with Crippen LogP contribution in [0.3, 0.4) is 0 Å². The number of nitrogens with one attached hydrogen (secondary N) is 3. The van der Waals surface area contributed by atoms with Crippen molar-refractivity contribution >= 4 is 28.9 Å². The van der Waals surface area contributed by atoms with Gasteiger partial charge in [-0.25, -0.2) is 4.79 Å². The Morgan fingerprint density at radius 3 is 2.32 bits per heavy atom. The van der Waals surface area contributed by atoms with Crippen molar-refractivity contribution in [1.29, 1.82) is 0 Å². The van der Waals surface area contributed by atoms with Gasteiger partial charge in [-0.05, 0) is 86.3 Å². The lowest BCUT2D eigenvalue weighted by Crippen LogP contribution is -2.60. The molecule has 1 unspecified atom stereocenters. The van der Waals surface area contributed by atoms with E-state index >= 15 is 0 Å². The molecule has 7 rings (SSSR count). The van der Waals surface area contributed by atoms with Gasteiger partial charge in [-0.3, -0.25) is 9.59 Å². The highest BCUT2D eigenvalue weighted by atomic mass is 16.6. The van der Waals surface area contributed by atoms with Crippen LogP contribution in [-0.4, -0.2) is 46.2 Å². The average Bonchev–Trinajstić information content (AvgIpc) is 3.35. The van der Waals surface area contributed by atoms with Crippen molar-refractivity contribution in [3.63, 3.8) is 0 Å². The van der Waals surface area contributed by atoms with Gasteiger partial charge < -0.3 is 25.5 Å². The highest BCUT2D eigenvalue weighted by Gasteiger charge is 2.50. The number of carbonyl (C=O) groups excluding carboxylic acids is 2. The van der Waals surface area contributed by atoms with E-state index in [2.05, 4.69) is 15.6 Å². The molecular formula is C33H39N3O5. The fraction of sp³-hybridized carbons (Fsp3) is 0.485. The van der Waals surface area contributed by atoms with Gasteiger partial charge >= 0.3 is 12.1 Å². The maximum atomic E-state index is 13.8. The second-order valence-electron chi connectivity index (χ2n) is 12.7. The van der Waals surface area contributed by atoms with Crippen LogP contribution in [0.15, 0.2) is 60.8 Å². The molecule has 3 aromatic rings. The van der Waals surface area contributed by atoms with Gasteiger partial charge in [0.25, 0.3) is 0 Å². The molecule has 0 aliphatic heterocycles. The number of aromatic amines is 1. The predicted molar refractivity (Wildman–Crippen MR) is 155 cm³/mol. The predicted octanol–water partition coefficient (Wildman–Crippen LogP) is 5.08. The van der Waals surface area contributed by atoms with Crippen molar-refractivity contribution in [1.82, 2.24) is 15.6 Å². The number of benzene rings is 2. The molecule has 4 N–H and O–H groups in total. The third-order valence-electron chi connectivity index (χ3n) is 9.66. The number of hydrogen-bond acceptors (Lipinski definition) is 4. The number of fused-ring (bicyclic) bond motifs is 1. The Bertz CT molecular complexity index is 1390. The van der Waals surface area contributed by atoms with Gasteiger partial charge in [-0.15, -0.1) is 0 Å². The summed E-state index contributed by atoms with van der Waals surface area (Å²) in [6, 6.07) is 17.2. The molecule has 216 valence electrons. The molecule has 0 radical (unpaired) electrons. The molecule has 4 bridgehead atoms. The van der Waals surface area contributed by atoms with E-state index in [4.69, 9.17) is 4.74 Å². The number of carboxylic acid groups (broad SMARTS) is 1. The average molecular weight is 558 g/mol. The third-order valence-corrected chi connectivity index (χ3v) is 9.66. The number of alkyl carbamates (subject to hydrolysis) is 1. The fourth-order valence-corrected chi connectivity index (χ4v) is 7.84. The first-order valence-electron chi connectivity index (χ1n) is 14.9. The van der Waals surface area contributed by atoms with Crippen LogP contribution < -0.4 is 10.6 Å². The number of carboxylic acids is 1. The molecular weight excluding hydrogens is 518 g/mol. The van der Waals surface area contributed by atoms with Crippen LogP contribution in [0.25, 0.3) is 10.9 Å². The Morgan fingerprint density at radius 1 is 0.976 bits per heavy atom. The smallest absolute Gasteiger partial charge is 0.408 e. The van der Waals surface area contributed by atoms with Crippen LogP contribution >= 0.6 is 0 Å². The van der Waals surface area contributed by atoms with E-state index in [1.807, 2.05) is 60.8 Å². The van der Waals surface area contributed by atoms with Crippen LogP contribution in [0.2, 0.25) is 0 Å². The summed E-state index contributed by atoms with van der Waals surface area (Å²) in [4.78, 5) is 42.5. The minimum atomic E-state index is -1.36. The molecule has 8 nitrogen and oxygen atoms in total. The molecule has 2 atom stereocenters. The van der Waals surface area contributed by atoms with Crippen LogP contribution in [0, 0.1) is 29.6 Å². The number of aliphatic carboxylic acids is 1. The van der Waals surface area contributed by atoms with Gasteiger partial charge in [0.2, 0.25) is 5.91 Å². The molecule has 4 fully saturated rings.